The fourth-order valence-corrected chi connectivity index (χ4v) is 1.34. The topological polar surface area (TPSA) is 87.4 Å². The van der Waals surface area contributed by atoms with E-state index >= 15 is 0 Å². The summed E-state index contributed by atoms with van der Waals surface area (Å²) in [5.74, 6) is 0.733. The van der Waals surface area contributed by atoms with Gasteiger partial charge in [-0.15, -0.1) is 5.10 Å². The number of nitrogens with two attached hydrogens (primary N) is 1. The van der Waals surface area contributed by atoms with Crippen molar-refractivity contribution in [3.8, 4) is 11.4 Å². The molecular weight excluding hydrogens is 194 g/mol. The highest BCUT2D eigenvalue weighted by molar-refractivity contribution is 5.51. The molecule has 80 valence electrons. The Bertz CT molecular complexity index is 430. The van der Waals surface area contributed by atoms with Crippen LogP contribution in [0.25, 0.3) is 11.4 Å². The van der Waals surface area contributed by atoms with Gasteiger partial charge in [-0.05, 0) is 23.4 Å². The van der Waals surface area contributed by atoms with Crippen LogP contribution in [0.2, 0.25) is 0 Å². The van der Waals surface area contributed by atoms with E-state index in [0.717, 1.165) is 24.4 Å². The van der Waals surface area contributed by atoms with E-state index in [9.17, 15) is 0 Å². The molecule has 15 heavy (non-hydrogen) atoms. The zero-order chi connectivity index (χ0) is 10.7. The maximum atomic E-state index is 5.44. The third-order valence-corrected chi connectivity index (χ3v) is 2.07. The third-order valence-electron chi connectivity index (χ3n) is 2.07. The zero-order valence-corrected chi connectivity index (χ0v) is 8.54. The molecule has 0 spiro atoms. The van der Waals surface area contributed by atoms with Crippen LogP contribution < -0.4 is 5.73 Å². The first-order chi connectivity index (χ1) is 7.31. The highest BCUT2D eigenvalue weighted by Crippen LogP contribution is 2.13. The Balaban J connectivity index is 2.24. The van der Waals surface area contributed by atoms with E-state index in [4.69, 9.17) is 5.73 Å². The molecular formula is C8H13N7. The van der Waals surface area contributed by atoms with Crippen LogP contribution in [0, 0.1) is 0 Å². The number of aromatic nitrogens is 6. The molecule has 0 aromatic carbocycles. The monoisotopic (exact) mass is 207 g/mol. The van der Waals surface area contributed by atoms with Gasteiger partial charge in [0.1, 0.15) is 0 Å². The van der Waals surface area contributed by atoms with Crippen LogP contribution in [-0.2, 0) is 13.6 Å². The molecule has 0 fully saturated rings. The number of tetrazole rings is 1. The van der Waals surface area contributed by atoms with Crippen LogP contribution in [0.4, 0.5) is 0 Å². The van der Waals surface area contributed by atoms with Crippen LogP contribution in [0.5, 0.6) is 0 Å². The summed E-state index contributed by atoms with van der Waals surface area (Å²) in [6.07, 6.45) is 4.48. The Hall–Kier alpha value is -1.76. The summed E-state index contributed by atoms with van der Waals surface area (Å²) in [4.78, 5) is 0. The molecule has 0 aliphatic carbocycles. The maximum Gasteiger partial charge on any atom is 0.185 e. The molecule has 0 unspecified atom stereocenters. The van der Waals surface area contributed by atoms with Gasteiger partial charge in [0.2, 0.25) is 0 Å². The Kier molecular flexibility index (Phi) is 2.72. The largest absolute Gasteiger partial charge is 0.330 e. The van der Waals surface area contributed by atoms with E-state index in [1.165, 1.54) is 0 Å². The quantitative estimate of drug-likeness (QED) is 0.724. The molecule has 2 N–H and O–H groups in total. The Morgan fingerprint density at radius 3 is 3.00 bits per heavy atom. The number of nitrogens with zero attached hydrogens (tertiary/aromatic N) is 6. The predicted octanol–water partition coefficient (Wildman–Crippen LogP) is -0.578. The summed E-state index contributed by atoms with van der Waals surface area (Å²) in [7, 11) is 1.86. The molecule has 2 aromatic rings. The van der Waals surface area contributed by atoms with E-state index in [0.29, 0.717) is 6.54 Å². The smallest absolute Gasteiger partial charge is 0.185 e. The standard InChI is InChI=1S/C8H13N7/c1-14-6-7(5-10-14)8-11-12-13-15(8)4-2-3-9/h5-6H,2-4,9H2,1H3. The minimum atomic E-state index is 0.631. The summed E-state index contributed by atoms with van der Waals surface area (Å²) in [6, 6.07) is 0. The van der Waals surface area contributed by atoms with Crippen molar-refractivity contribution in [3.63, 3.8) is 0 Å². The summed E-state index contributed by atoms with van der Waals surface area (Å²) >= 11 is 0. The number of hydrogen-bond donors (Lipinski definition) is 1. The molecule has 7 heteroatoms. The number of rotatable bonds is 4. The lowest BCUT2D eigenvalue weighted by Crippen LogP contribution is -2.08. The minimum Gasteiger partial charge on any atom is -0.330 e. The first-order valence-electron chi connectivity index (χ1n) is 4.76. The normalized spacial score (nSPS) is 10.8. The number of aryl methyl sites for hydroxylation is 2. The van der Waals surface area contributed by atoms with Crippen LogP contribution >= 0.6 is 0 Å². The summed E-state index contributed by atoms with van der Waals surface area (Å²) in [5, 5.41) is 15.6. The molecule has 0 aliphatic rings. The Morgan fingerprint density at radius 1 is 1.47 bits per heavy atom. The van der Waals surface area contributed by atoms with Gasteiger partial charge in [0.25, 0.3) is 0 Å². The molecule has 0 saturated carbocycles. The fraction of sp³-hybridized carbons (Fsp3) is 0.500. The minimum absolute atomic E-state index is 0.631. The Morgan fingerprint density at radius 2 is 2.33 bits per heavy atom. The van der Waals surface area contributed by atoms with Crippen molar-refractivity contribution in [1.82, 2.24) is 30.0 Å². The van der Waals surface area contributed by atoms with E-state index < -0.39 is 0 Å². The average Bonchev–Trinajstić information content (AvgIpc) is 2.82. The molecule has 7 nitrogen and oxygen atoms in total. The van der Waals surface area contributed by atoms with Crippen LogP contribution in [0.15, 0.2) is 12.4 Å². The van der Waals surface area contributed by atoms with Gasteiger partial charge < -0.3 is 5.73 Å². The van der Waals surface area contributed by atoms with Gasteiger partial charge in [-0.1, -0.05) is 0 Å². The lowest BCUT2D eigenvalue weighted by atomic mass is 10.3. The van der Waals surface area contributed by atoms with Gasteiger partial charge in [0.15, 0.2) is 5.82 Å². The van der Waals surface area contributed by atoms with Crippen molar-refractivity contribution < 1.29 is 0 Å². The average molecular weight is 207 g/mol. The van der Waals surface area contributed by atoms with Crippen molar-refractivity contribution in [2.75, 3.05) is 6.54 Å². The molecule has 0 bridgehead atoms. The summed E-state index contributed by atoms with van der Waals surface area (Å²) in [5.41, 5.74) is 6.36. The SMILES string of the molecule is Cn1cc(-c2nnnn2CCCN)cn1. The van der Waals surface area contributed by atoms with Crippen molar-refractivity contribution >= 4 is 0 Å². The first kappa shape index (κ1) is 9.78. The van der Waals surface area contributed by atoms with Gasteiger partial charge in [-0.25, -0.2) is 4.68 Å². The molecule has 2 rings (SSSR count). The molecule has 0 saturated heterocycles. The van der Waals surface area contributed by atoms with Crippen molar-refractivity contribution in [2.45, 2.75) is 13.0 Å². The van der Waals surface area contributed by atoms with Crippen LogP contribution in [-0.4, -0.2) is 36.5 Å². The van der Waals surface area contributed by atoms with Gasteiger partial charge in [0.05, 0.1) is 11.8 Å². The van der Waals surface area contributed by atoms with Gasteiger partial charge in [-0.3, -0.25) is 4.68 Å². The van der Waals surface area contributed by atoms with Crippen LogP contribution in [0.1, 0.15) is 6.42 Å². The van der Waals surface area contributed by atoms with E-state index in [2.05, 4.69) is 20.6 Å². The van der Waals surface area contributed by atoms with Crippen molar-refractivity contribution in [3.05, 3.63) is 12.4 Å². The predicted molar refractivity (Wildman–Crippen MR) is 53.7 cm³/mol. The molecule has 0 radical (unpaired) electrons. The molecule has 2 aromatic heterocycles. The Labute approximate surface area is 86.9 Å². The lowest BCUT2D eigenvalue weighted by molar-refractivity contribution is 0.568. The van der Waals surface area contributed by atoms with Crippen molar-refractivity contribution in [2.24, 2.45) is 12.8 Å². The number of hydrogen-bond acceptors (Lipinski definition) is 5. The molecule has 0 aliphatic heterocycles. The second kappa shape index (κ2) is 4.18. The molecule has 0 amide bonds. The van der Waals surface area contributed by atoms with Gasteiger partial charge in [-0.2, -0.15) is 5.10 Å². The summed E-state index contributed by atoms with van der Waals surface area (Å²) < 4.78 is 3.46. The molecule has 2 heterocycles. The van der Waals surface area contributed by atoms with Crippen LogP contribution in [0.3, 0.4) is 0 Å². The first-order valence-corrected chi connectivity index (χ1v) is 4.76. The lowest BCUT2D eigenvalue weighted by Gasteiger charge is -2.00. The van der Waals surface area contributed by atoms with Gasteiger partial charge in [0, 0.05) is 19.8 Å². The highest BCUT2D eigenvalue weighted by atomic mass is 15.5. The third kappa shape index (κ3) is 2.01. The highest BCUT2D eigenvalue weighted by Gasteiger charge is 2.09. The second-order valence-corrected chi connectivity index (χ2v) is 3.27. The van der Waals surface area contributed by atoms with E-state index in [1.54, 1.807) is 15.6 Å². The summed E-state index contributed by atoms with van der Waals surface area (Å²) in [6.45, 7) is 1.36. The second-order valence-electron chi connectivity index (χ2n) is 3.27. The van der Waals surface area contributed by atoms with E-state index in [-0.39, 0.29) is 0 Å². The molecule has 0 atom stereocenters. The fourth-order valence-electron chi connectivity index (χ4n) is 1.34. The maximum absolute atomic E-state index is 5.44. The van der Waals surface area contributed by atoms with E-state index in [1.807, 2.05) is 13.2 Å². The van der Waals surface area contributed by atoms with Gasteiger partial charge >= 0.3 is 0 Å². The zero-order valence-electron chi connectivity index (χ0n) is 8.54. The van der Waals surface area contributed by atoms with Crippen molar-refractivity contribution in [1.29, 1.82) is 0 Å².